The minimum atomic E-state index is -0.884. The Morgan fingerprint density at radius 2 is 2.11 bits per heavy atom. The van der Waals surface area contributed by atoms with Crippen LogP contribution in [0.5, 0.6) is 11.5 Å². The Morgan fingerprint density at radius 3 is 2.81 bits per heavy atom. The first-order valence-electron chi connectivity index (χ1n) is 7.96. The molecule has 1 aliphatic heterocycles. The Morgan fingerprint density at radius 1 is 1.33 bits per heavy atom. The second kappa shape index (κ2) is 7.63. The first-order valence-corrected chi connectivity index (χ1v) is 8.34. The number of non-ortho nitro benzene ring substituents is 1. The molecule has 0 radical (unpaired) electrons. The highest BCUT2D eigenvalue weighted by Gasteiger charge is 2.24. The minimum absolute atomic E-state index is 0.0382. The number of halogens is 1. The van der Waals surface area contributed by atoms with Crippen molar-refractivity contribution in [1.29, 1.82) is 0 Å². The maximum Gasteiger partial charge on any atom is 0.367 e. The molecule has 2 aromatic carbocycles. The molecule has 0 bridgehead atoms. The predicted octanol–water partition coefficient (Wildman–Crippen LogP) is 3.99. The molecule has 0 saturated heterocycles. The summed E-state index contributed by atoms with van der Waals surface area (Å²) in [6.45, 7) is 1.86. The summed E-state index contributed by atoms with van der Waals surface area (Å²) in [6, 6.07) is 8.74. The van der Waals surface area contributed by atoms with E-state index in [4.69, 9.17) is 25.9 Å². The third kappa shape index (κ3) is 4.01. The normalized spacial score (nSPS) is 17.0. The first-order chi connectivity index (χ1) is 12.9. The quantitative estimate of drug-likeness (QED) is 0.444. The molecule has 0 amide bonds. The van der Waals surface area contributed by atoms with Crippen LogP contribution in [-0.2, 0) is 4.84 Å². The van der Waals surface area contributed by atoms with Crippen LogP contribution in [0, 0.1) is 10.1 Å². The van der Waals surface area contributed by atoms with Gasteiger partial charge >= 0.3 is 5.97 Å². The summed E-state index contributed by atoms with van der Waals surface area (Å²) in [5.74, 6) is 0.309. The fourth-order valence-electron chi connectivity index (χ4n) is 2.62. The van der Waals surface area contributed by atoms with Gasteiger partial charge in [-0.05, 0) is 25.1 Å². The number of nitrogens with zero attached hydrogens (tertiary/aromatic N) is 2. The van der Waals surface area contributed by atoms with Crippen molar-refractivity contribution >= 4 is 29.0 Å². The summed E-state index contributed by atoms with van der Waals surface area (Å²) in [7, 11) is 1.55. The maximum absolute atomic E-state index is 12.3. The van der Waals surface area contributed by atoms with Gasteiger partial charge in [0.05, 0.1) is 28.3 Å². The number of methoxy groups -OCH3 is 1. The average molecular weight is 391 g/mol. The van der Waals surface area contributed by atoms with Crippen molar-refractivity contribution in [2.24, 2.45) is 5.16 Å². The summed E-state index contributed by atoms with van der Waals surface area (Å²) in [5, 5.41) is 14.9. The Labute approximate surface area is 159 Å². The van der Waals surface area contributed by atoms with Gasteiger partial charge in [-0.25, -0.2) is 4.79 Å². The van der Waals surface area contributed by atoms with E-state index in [1.54, 1.807) is 25.3 Å². The van der Waals surface area contributed by atoms with Gasteiger partial charge in [0.2, 0.25) is 0 Å². The molecule has 27 heavy (non-hydrogen) atoms. The van der Waals surface area contributed by atoms with Crippen molar-refractivity contribution in [3.05, 3.63) is 62.7 Å². The standard InChI is InChI=1S/C18H15ClN2O6/c1-10-7-16(13-5-4-12(25-2)9-17(13)26-10)20-27-18(22)14-8-11(21(23)24)3-6-15(14)19/h3-6,8-10H,7H2,1-2H3/b20-16+/t10-/m1/s1. The number of nitro groups is 1. The van der Waals surface area contributed by atoms with Crippen molar-refractivity contribution in [2.75, 3.05) is 7.11 Å². The highest BCUT2D eigenvalue weighted by Crippen LogP contribution is 2.32. The molecular weight excluding hydrogens is 376 g/mol. The summed E-state index contributed by atoms with van der Waals surface area (Å²) in [5.41, 5.74) is 0.787. The fraction of sp³-hybridized carbons (Fsp3) is 0.222. The van der Waals surface area contributed by atoms with Gasteiger partial charge < -0.3 is 14.3 Å². The zero-order valence-corrected chi connectivity index (χ0v) is 15.2. The van der Waals surface area contributed by atoms with E-state index in [9.17, 15) is 14.9 Å². The fourth-order valence-corrected chi connectivity index (χ4v) is 2.82. The number of nitro benzene ring substituents is 1. The average Bonchev–Trinajstić information content (AvgIpc) is 2.65. The zero-order chi connectivity index (χ0) is 19.6. The number of hydrogen-bond acceptors (Lipinski definition) is 7. The van der Waals surface area contributed by atoms with E-state index in [0.29, 0.717) is 29.2 Å². The summed E-state index contributed by atoms with van der Waals surface area (Å²) < 4.78 is 10.9. The van der Waals surface area contributed by atoms with Gasteiger partial charge in [-0.15, -0.1) is 0 Å². The molecule has 0 aliphatic carbocycles. The van der Waals surface area contributed by atoms with Crippen LogP contribution in [0.25, 0.3) is 0 Å². The van der Waals surface area contributed by atoms with Crippen molar-refractivity contribution in [2.45, 2.75) is 19.4 Å². The van der Waals surface area contributed by atoms with Gasteiger partial charge in [0.15, 0.2) is 0 Å². The minimum Gasteiger partial charge on any atom is -0.497 e. The second-order valence-electron chi connectivity index (χ2n) is 5.83. The van der Waals surface area contributed by atoms with E-state index in [-0.39, 0.29) is 22.4 Å². The molecule has 9 heteroatoms. The number of oxime groups is 1. The highest BCUT2D eigenvalue weighted by atomic mass is 35.5. The topological polar surface area (TPSA) is 100 Å². The van der Waals surface area contributed by atoms with Crippen molar-refractivity contribution in [1.82, 2.24) is 0 Å². The Kier molecular flexibility index (Phi) is 5.27. The Balaban J connectivity index is 1.87. The molecule has 0 spiro atoms. The molecule has 1 aliphatic rings. The van der Waals surface area contributed by atoms with E-state index in [2.05, 4.69) is 5.16 Å². The molecule has 0 unspecified atom stereocenters. The summed E-state index contributed by atoms with van der Waals surface area (Å²) in [4.78, 5) is 27.5. The van der Waals surface area contributed by atoms with Gasteiger partial charge in [0, 0.05) is 30.2 Å². The largest absolute Gasteiger partial charge is 0.497 e. The second-order valence-corrected chi connectivity index (χ2v) is 6.24. The Bertz CT molecular complexity index is 943. The lowest BCUT2D eigenvalue weighted by Crippen LogP contribution is -2.25. The number of benzene rings is 2. The lowest BCUT2D eigenvalue weighted by molar-refractivity contribution is -0.384. The van der Waals surface area contributed by atoms with Crippen molar-refractivity contribution in [3.8, 4) is 11.5 Å². The van der Waals surface area contributed by atoms with Crippen molar-refractivity contribution < 1.29 is 24.0 Å². The number of ether oxygens (including phenoxy) is 2. The van der Waals surface area contributed by atoms with E-state index < -0.39 is 10.9 Å². The van der Waals surface area contributed by atoms with Gasteiger partial charge in [-0.3, -0.25) is 10.1 Å². The number of fused-ring (bicyclic) bond motifs is 1. The van der Waals surface area contributed by atoms with Gasteiger partial charge in [-0.2, -0.15) is 0 Å². The Hall–Kier alpha value is -3.13. The van der Waals surface area contributed by atoms with Crippen LogP contribution in [0.1, 0.15) is 29.3 Å². The molecule has 0 saturated carbocycles. The van der Waals surface area contributed by atoms with Gasteiger partial charge in [0.25, 0.3) is 5.69 Å². The van der Waals surface area contributed by atoms with E-state index >= 15 is 0 Å². The molecule has 8 nitrogen and oxygen atoms in total. The third-order valence-electron chi connectivity index (χ3n) is 3.93. The van der Waals surface area contributed by atoms with E-state index in [0.717, 1.165) is 6.07 Å². The molecule has 1 atom stereocenters. The van der Waals surface area contributed by atoms with Crippen LogP contribution < -0.4 is 9.47 Å². The highest BCUT2D eigenvalue weighted by molar-refractivity contribution is 6.33. The van der Waals surface area contributed by atoms with Crippen LogP contribution >= 0.6 is 11.6 Å². The predicted molar refractivity (Wildman–Crippen MR) is 97.8 cm³/mol. The SMILES string of the molecule is COc1ccc2c(c1)O[C@H](C)C/C2=N\OC(=O)c1cc([N+](=O)[O-])ccc1Cl. The number of hydrogen-bond donors (Lipinski definition) is 0. The number of carbonyl (C=O) groups excluding carboxylic acids is 1. The summed E-state index contributed by atoms with van der Waals surface area (Å²) >= 11 is 5.95. The third-order valence-corrected chi connectivity index (χ3v) is 4.26. The van der Waals surface area contributed by atoms with E-state index in [1.807, 2.05) is 6.92 Å². The molecule has 2 aromatic rings. The van der Waals surface area contributed by atoms with Crippen LogP contribution in [0.3, 0.4) is 0 Å². The lowest BCUT2D eigenvalue weighted by atomic mass is 10.0. The monoisotopic (exact) mass is 390 g/mol. The van der Waals surface area contributed by atoms with Gasteiger partial charge in [-0.1, -0.05) is 16.8 Å². The van der Waals surface area contributed by atoms with Crippen molar-refractivity contribution in [3.63, 3.8) is 0 Å². The molecule has 0 aromatic heterocycles. The van der Waals surface area contributed by atoms with Crippen LogP contribution in [-0.4, -0.2) is 29.8 Å². The number of rotatable bonds is 4. The molecule has 3 rings (SSSR count). The van der Waals surface area contributed by atoms with Crippen LogP contribution in [0.2, 0.25) is 5.02 Å². The summed E-state index contributed by atoms with van der Waals surface area (Å²) in [6.07, 6.45) is 0.249. The van der Waals surface area contributed by atoms with Gasteiger partial charge in [0.1, 0.15) is 17.6 Å². The molecule has 0 fully saturated rings. The van der Waals surface area contributed by atoms with E-state index in [1.165, 1.54) is 12.1 Å². The molecule has 0 N–H and O–H groups in total. The van der Waals surface area contributed by atoms with Crippen LogP contribution in [0.15, 0.2) is 41.6 Å². The molecule has 1 heterocycles. The smallest absolute Gasteiger partial charge is 0.367 e. The lowest BCUT2D eigenvalue weighted by Gasteiger charge is -2.24. The number of carbonyl (C=O) groups is 1. The maximum atomic E-state index is 12.3. The zero-order valence-electron chi connectivity index (χ0n) is 14.5. The van der Waals surface area contributed by atoms with Crippen LogP contribution in [0.4, 0.5) is 5.69 Å². The molecule has 140 valence electrons. The first kappa shape index (κ1) is 18.7. The molecular formula is C18H15ClN2O6.